The molecule has 1 aliphatic heterocycles. The van der Waals surface area contributed by atoms with Gasteiger partial charge in [0.25, 0.3) is 0 Å². The Balaban J connectivity index is 1.65. The number of aryl methyl sites for hydroxylation is 1. The minimum atomic E-state index is 0.638. The Hall–Kier alpha value is -1.65. The molecule has 0 unspecified atom stereocenters. The first-order chi connectivity index (χ1) is 10.2. The van der Waals surface area contributed by atoms with Crippen LogP contribution in [0.15, 0.2) is 34.9 Å². The van der Waals surface area contributed by atoms with E-state index in [0.29, 0.717) is 6.04 Å². The Morgan fingerprint density at radius 1 is 1.24 bits per heavy atom. The minimum Gasteiger partial charge on any atom is -0.359 e. The molecule has 0 atom stereocenters. The van der Waals surface area contributed by atoms with Crippen molar-refractivity contribution in [2.45, 2.75) is 32.4 Å². The number of hydrogen-bond donors (Lipinski definition) is 1. The SMILES string of the molecule is Cc1ccc(-c2cc(CN(C)C3CCNCC3)on2)cc1. The van der Waals surface area contributed by atoms with Gasteiger partial charge in [0.2, 0.25) is 0 Å². The van der Waals surface area contributed by atoms with Crippen LogP contribution >= 0.6 is 0 Å². The highest BCUT2D eigenvalue weighted by molar-refractivity contribution is 5.59. The van der Waals surface area contributed by atoms with E-state index < -0.39 is 0 Å². The van der Waals surface area contributed by atoms with Gasteiger partial charge in [-0.3, -0.25) is 4.90 Å². The molecule has 4 heteroatoms. The molecule has 112 valence electrons. The van der Waals surface area contributed by atoms with E-state index in [9.17, 15) is 0 Å². The molecule has 0 aliphatic carbocycles. The van der Waals surface area contributed by atoms with Crippen molar-refractivity contribution in [3.8, 4) is 11.3 Å². The molecular formula is C17H23N3O. The summed E-state index contributed by atoms with van der Waals surface area (Å²) in [6.45, 7) is 5.13. The van der Waals surface area contributed by atoms with Crippen molar-refractivity contribution < 1.29 is 4.52 Å². The van der Waals surface area contributed by atoms with Crippen molar-refractivity contribution in [3.63, 3.8) is 0 Å². The van der Waals surface area contributed by atoms with Crippen LogP contribution in [0.3, 0.4) is 0 Å². The normalized spacial score (nSPS) is 16.5. The highest BCUT2D eigenvalue weighted by Gasteiger charge is 2.19. The fraction of sp³-hybridized carbons (Fsp3) is 0.471. The van der Waals surface area contributed by atoms with Crippen molar-refractivity contribution >= 4 is 0 Å². The Morgan fingerprint density at radius 2 is 1.95 bits per heavy atom. The summed E-state index contributed by atoms with van der Waals surface area (Å²) in [5, 5.41) is 7.60. The molecule has 1 aromatic carbocycles. The summed E-state index contributed by atoms with van der Waals surface area (Å²) >= 11 is 0. The lowest BCUT2D eigenvalue weighted by Gasteiger charge is -2.30. The second-order valence-corrected chi connectivity index (χ2v) is 5.94. The van der Waals surface area contributed by atoms with E-state index in [2.05, 4.69) is 59.7 Å². The maximum absolute atomic E-state index is 5.50. The Kier molecular flexibility index (Phi) is 4.36. The van der Waals surface area contributed by atoms with Crippen LogP contribution in [0.5, 0.6) is 0 Å². The number of nitrogens with one attached hydrogen (secondary N) is 1. The van der Waals surface area contributed by atoms with Crippen LogP contribution in [0.1, 0.15) is 24.2 Å². The first kappa shape index (κ1) is 14.3. The highest BCUT2D eigenvalue weighted by atomic mass is 16.5. The molecule has 2 aromatic rings. The van der Waals surface area contributed by atoms with Gasteiger partial charge in [-0.05, 0) is 39.9 Å². The van der Waals surface area contributed by atoms with Crippen LogP contribution in [0, 0.1) is 6.92 Å². The molecule has 0 amide bonds. The first-order valence-electron chi connectivity index (χ1n) is 7.66. The second kappa shape index (κ2) is 6.41. The summed E-state index contributed by atoms with van der Waals surface area (Å²) in [5.74, 6) is 0.937. The van der Waals surface area contributed by atoms with E-state index in [4.69, 9.17) is 4.52 Å². The van der Waals surface area contributed by atoms with Gasteiger partial charge in [0.15, 0.2) is 5.76 Å². The third-order valence-corrected chi connectivity index (χ3v) is 4.24. The zero-order valence-electron chi connectivity index (χ0n) is 12.8. The molecular weight excluding hydrogens is 262 g/mol. The van der Waals surface area contributed by atoms with Crippen LogP contribution < -0.4 is 5.32 Å². The molecule has 1 aliphatic rings. The van der Waals surface area contributed by atoms with Crippen LogP contribution in [0.25, 0.3) is 11.3 Å². The number of nitrogens with zero attached hydrogens (tertiary/aromatic N) is 2. The number of benzene rings is 1. The van der Waals surface area contributed by atoms with E-state index >= 15 is 0 Å². The largest absolute Gasteiger partial charge is 0.359 e. The van der Waals surface area contributed by atoms with E-state index in [1.54, 1.807) is 0 Å². The smallest absolute Gasteiger partial charge is 0.151 e. The standard InChI is InChI=1S/C17H23N3O/c1-13-3-5-14(6-4-13)17-11-16(21-19-17)12-20(2)15-7-9-18-10-8-15/h3-6,11,15,18H,7-10,12H2,1-2H3. The predicted molar refractivity (Wildman–Crippen MR) is 84.0 cm³/mol. The summed E-state index contributed by atoms with van der Waals surface area (Å²) in [4.78, 5) is 2.38. The second-order valence-electron chi connectivity index (χ2n) is 5.94. The lowest BCUT2D eigenvalue weighted by Crippen LogP contribution is -2.40. The highest BCUT2D eigenvalue weighted by Crippen LogP contribution is 2.21. The average Bonchev–Trinajstić information content (AvgIpc) is 2.97. The molecule has 1 fully saturated rings. The molecule has 4 nitrogen and oxygen atoms in total. The fourth-order valence-electron chi connectivity index (χ4n) is 2.87. The van der Waals surface area contributed by atoms with E-state index in [1.165, 1.54) is 18.4 Å². The van der Waals surface area contributed by atoms with Gasteiger partial charge in [0.05, 0.1) is 6.54 Å². The lowest BCUT2D eigenvalue weighted by molar-refractivity contribution is 0.174. The van der Waals surface area contributed by atoms with E-state index in [1.807, 2.05) is 0 Å². The van der Waals surface area contributed by atoms with Gasteiger partial charge in [-0.1, -0.05) is 35.0 Å². The molecule has 2 heterocycles. The average molecular weight is 285 g/mol. The van der Waals surface area contributed by atoms with Gasteiger partial charge < -0.3 is 9.84 Å². The summed E-state index contributed by atoms with van der Waals surface area (Å²) in [7, 11) is 2.17. The molecule has 0 spiro atoms. The van der Waals surface area contributed by atoms with Crippen LogP contribution in [-0.4, -0.2) is 36.2 Å². The van der Waals surface area contributed by atoms with Crippen molar-refractivity contribution in [2.24, 2.45) is 0 Å². The summed E-state index contributed by atoms with van der Waals surface area (Å²) in [6, 6.07) is 11.1. The fourth-order valence-corrected chi connectivity index (χ4v) is 2.87. The molecule has 0 bridgehead atoms. The van der Waals surface area contributed by atoms with Gasteiger partial charge in [-0.25, -0.2) is 0 Å². The number of rotatable bonds is 4. The Morgan fingerprint density at radius 3 is 2.67 bits per heavy atom. The third-order valence-electron chi connectivity index (χ3n) is 4.24. The quantitative estimate of drug-likeness (QED) is 0.938. The monoisotopic (exact) mass is 285 g/mol. The molecule has 21 heavy (non-hydrogen) atoms. The molecule has 3 rings (SSSR count). The van der Waals surface area contributed by atoms with Gasteiger partial charge in [0, 0.05) is 17.7 Å². The topological polar surface area (TPSA) is 41.3 Å². The van der Waals surface area contributed by atoms with Crippen molar-refractivity contribution in [3.05, 3.63) is 41.7 Å². The van der Waals surface area contributed by atoms with Gasteiger partial charge in [-0.2, -0.15) is 0 Å². The van der Waals surface area contributed by atoms with Crippen molar-refractivity contribution in [1.82, 2.24) is 15.4 Å². The van der Waals surface area contributed by atoms with Gasteiger partial charge in [0.1, 0.15) is 5.69 Å². The Bertz CT molecular complexity index is 570. The van der Waals surface area contributed by atoms with Gasteiger partial charge >= 0.3 is 0 Å². The summed E-state index contributed by atoms with van der Waals surface area (Å²) in [6.07, 6.45) is 2.41. The van der Waals surface area contributed by atoms with E-state index in [0.717, 1.165) is 36.7 Å². The van der Waals surface area contributed by atoms with Crippen LogP contribution in [0.2, 0.25) is 0 Å². The van der Waals surface area contributed by atoms with Crippen molar-refractivity contribution in [1.29, 1.82) is 0 Å². The Labute approximate surface area is 126 Å². The minimum absolute atomic E-state index is 0.638. The van der Waals surface area contributed by atoms with E-state index in [-0.39, 0.29) is 0 Å². The maximum atomic E-state index is 5.50. The van der Waals surface area contributed by atoms with Gasteiger partial charge in [-0.15, -0.1) is 0 Å². The molecule has 1 saturated heterocycles. The molecule has 1 N–H and O–H groups in total. The lowest BCUT2D eigenvalue weighted by atomic mass is 10.1. The number of piperidine rings is 1. The number of aromatic nitrogens is 1. The number of hydrogen-bond acceptors (Lipinski definition) is 4. The molecule has 0 saturated carbocycles. The predicted octanol–water partition coefficient (Wildman–Crippen LogP) is 2.83. The third kappa shape index (κ3) is 3.52. The maximum Gasteiger partial charge on any atom is 0.151 e. The first-order valence-corrected chi connectivity index (χ1v) is 7.66. The van der Waals surface area contributed by atoms with Crippen molar-refractivity contribution in [2.75, 3.05) is 20.1 Å². The zero-order valence-corrected chi connectivity index (χ0v) is 12.8. The van der Waals surface area contributed by atoms with Crippen LogP contribution in [-0.2, 0) is 6.54 Å². The molecule has 0 radical (unpaired) electrons. The summed E-state index contributed by atoms with van der Waals surface area (Å²) in [5.41, 5.74) is 3.29. The van der Waals surface area contributed by atoms with Crippen LogP contribution in [0.4, 0.5) is 0 Å². The summed E-state index contributed by atoms with van der Waals surface area (Å²) < 4.78 is 5.50. The zero-order chi connectivity index (χ0) is 14.7. The molecule has 1 aromatic heterocycles.